The molecule has 16 heteroatoms. The Balaban J connectivity index is 1.14. The number of benzene rings is 4. The van der Waals surface area contributed by atoms with Gasteiger partial charge in [0, 0.05) is 79.0 Å². The Morgan fingerprint density at radius 2 is 1.06 bits per heavy atom. The van der Waals surface area contributed by atoms with Crippen LogP contribution in [0.2, 0.25) is 0 Å². The molecule has 68 heavy (non-hydrogen) atoms. The largest absolute Gasteiger partial charge is 0.361 e. The second-order valence-corrected chi connectivity index (χ2v) is 18.3. The third-order valence-electron chi connectivity index (χ3n) is 13.7. The van der Waals surface area contributed by atoms with Gasteiger partial charge in [0.25, 0.3) is 0 Å². The van der Waals surface area contributed by atoms with Crippen LogP contribution in [0.3, 0.4) is 0 Å². The number of nitrogens with two attached hydrogens (primary N) is 2. The summed E-state index contributed by atoms with van der Waals surface area (Å²) >= 11 is 0. The van der Waals surface area contributed by atoms with Gasteiger partial charge in [0.1, 0.15) is 36.3 Å². The highest BCUT2D eigenvalue weighted by Crippen LogP contribution is 2.29. The zero-order valence-corrected chi connectivity index (χ0v) is 37.8. The van der Waals surface area contributed by atoms with Crippen molar-refractivity contribution in [1.29, 1.82) is 0 Å². The average Bonchev–Trinajstić information content (AvgIpc) is 4.08. The molecule has 0 aliphatic carbocycles. The molecule has 2 fully saturated rings. The van der Waals surface area contributed by atoms with Gasteiger partial charge in [0.15, 0.2) is 0 Å². The molecule has 6 amide bonds. The summed E-state index contributed by atoms with van der Waals surface area (Å²) in [5, 5.41) is 13.7. The topological polar surface area (TPSA) is 241 Å². The van der Waals surface area contributed by atoms with Crippen LogP contribution in [0.1, 0.15) is 53.5 Å². The Morgan fingerprint density at radius 1 is 0.529 bits per heavy atom. The monoisotopic (exact) mass is 918 g/mol. The van der Waals surface area contributed by atoms with Gasteiger partial charge in [0.05, 0.1) is 0 Å². The van der Waals surface area contributed by atoms with E-state index in [4.69, 9.17) is 11.5 Å². The number of carbonyl (C=O) groups is 6. The average molecular weight is 919 g/mol. The highest BCUT2D eigenvalue weighted by atomic mass is 16.2. The number of hydrogen-bond donors (Lipinski definition) is 8. The van der Waals surface area contributed by atoms with E-state index >= 15 is 4.79 Å². The van der Waals surface area contributed by atoms with E-state index in [1.807, 2.05) is 103 Å². The highest BCUT2D eigenvalue weighted by molar-refractivity contribution is 5.99. The van der Waals surface area contributed by atoms with Crippen LogP contribution in [0.15, 0.2) is 116 Å². The molecule has 3 aliphatic heterocycles. The van der Waals surface area contributed by atoms with Crippen LogP contribution in [0.5, 0.6) is 0 Å². The summed E-state index contributed by atoms with van der Waals surface area (Å²) in [6.07, 6.45) is 5.24. The van der Waals surface area contributed by atoms with E-state index in [-0.39, 0.29) is 51.6 Å². The SMILES string of the molecule is NCCCC[C@@H]1NC(=O)[C@H](Cc2c[nH]c3ccccc23)NC(=O)[C@@H](Cc2ccccc2)NC(=O)[C@H](Cc2c[nH]c3ccccc23)NC(=O)[C@@H]2Cc3ccccc3CN2C(=O)[C@H]2C[C@H](N)CN2C1=O. The molecule has 0 radical (unpaired) electrons. The van der Waals surface area contributed by atoms with Gasteiger partial charge in [-0.05, 0) is 72.2 Å². The van der Waals surface area contributed by atoms with Crippen molar-refractivity contribution in [3.63, 3.8) is 0 Å². The smallest absolute Gasteiger partial charge is 0.246 e. The van der Waals surface area contributed by atoms with Gasteiger partial charge in [-0.2, -0.15) is 0 Å². The van der Waals surface area contributed by atoms with Crippen molar-refractivity contribution >= 4 is 57.2 Å². The Kier molecular flexibility index (Phi) is 13.7. The molecule has 10 N–H and O–H groups in total. The molecule has 9 rings (SSSR count). The van der Waals surface area contributed by atoms with E-state index in [1.54, 1.807) is 12.4 Å². The minimum Gasteiger partial charge on any atom is -0.361 e. The summed E-state index contributed by atoms with van der Waals surface area (Å²) in [6, 6.07) is 24.5. The lowest BCUT2D eigenvalue weighted by Gasteiger charge is -2.40. The molecule has 4 aromatic carbocycles. The summed E-state index contributed by atoms with van der Waals surface area (Å²) in [6.45, 7) is 0.482. The predicted molar refractivity (Wildman–Crippen MR) is 257 cm³/mol. The lowest BCUT2D eigenvalue weighted by atomic mass is 9.92. The number of nitrogens with one attached hydrogen (secondary N) is 6. The molecule has 0 spiro atoms. The lowest BCUT2D eigenvalue weighted by molar-refractivity contribution is -0.150. The van der Waals surface area contributed by atoms with Crippen LogP contribution < -0.4 is 32.7 Å². The standard InChI is InChI=1S/C52H58N10O6/c53-21-11-10-20-41-51(67)62-30-36(54)26-46(62)52(68)61-29-33-15-5-4-14-32(33)25-45(61)50(66)60-44(24-35-28-56-40-19-9-7-17-38(35)40)49(65)58-42(22-31-12-2-1-3-13-31)47(63)59-43(48(64)57-41)23-34-27-55-39-18-8-6-16-37(34)39/h1-9,12-19,27-28,36,41-46,55-56H,10-11,20-26,29-30,53-54H2,(H,57,64)(H,58,65)(H,59,63)(H,60,66)/t36-,41-,42+,43-,44-,45-,46+/m0/s1. The molecular weight excluding hydrogens is 861 g/mol. The van der Waals surface area contributed by atoms with Crippen molar-refractivity contribution in [3.8, 4) is 0 Å². The minimum atomic E-state index is -1.23. The van der Waals surface area contributed by atoms with E-state index in [0.717, 1.165) is 49.6 Å². The van der Waals surface area contributed by atoms with E-state index < -0.39 is 77.7 Å². The normalized spacial score (nSPS) is 24.1. The number of carbonyl (C=O) groups excluding carboxylic acids is 6. The Morgan fingerprint density at radius 3 is 1.68 bits per heavy atom. The number of fused-ring (bicyclic) bond motifs is 5. The number of para-hydroxylation sites is 2. The van der Waals surface area contributed by atoms with Gasteiger partial charge in [-0.1, -0.05) is 91.0 Å². The zero-order chi connectivity index (χ0) is 47.3. The maximum atomic E-state index is 15.1. The quantitative estimate of drug-likeness (QED) is 0.0949. The first-order valence-electron chi connectivity index (χ1n) is 23.5. The molecule has 5 heterocycles. The van der Waals surface area contributed by atoms with E-state index in [9.17, 15) is 24.0 Å². The third kappa shape index (κ3) is 9.87. The number of aromatic nitrogens is 2. The van der Waals surface area contributed by atoms with E-state index in [0.29, 0.717) is 19.4 Å². The number of unbranched alkanes of at least 4 members (excludes halogenated alkanes) is 1. The van der Waals surface area contributed by atoms with Crippen molar-refractivity contribution in [3.05, 3.63) is 143 Å². The zero-order valence-electron chi connectivity index (χ0n) is 37.8. The number of amides is 6. The van der Waals surface area contributed by atoms with Gasteiger partial charge < -0.3 is 52.5 Å². The molecule has 0 bridgehead atoms. The summed E-state index contributed by atoms with van der Waals surface area (Å²) in [5.41, 5.74) is 18.1. The number of aromatic amines is 2. The molecule has 7 atom stereocenters. The van der Waals surface area contributed by atoms with Gasteiger partial charge in [0.2, 0.25) is 35.4 Å². The fourth-order valence-corrected chi connectivity index (χ4v) is 10.1. The second kappa shape index (κ2) is 20.3. The number of H-pyrrole nitrogens is 2. The van der Waals surface area contributed by atoms with Crippen molar-refractivity contribution in [2.45, 2.75) is 100 Å². The van der Waals surface area contributed by atoms with Gasteiger partial charge in [-0.15, -0.1) is 0 Å². The number of rotatable bonds is 10. The third-order valence-corrected chi connectivity index (χ3v) is 13.7. The van der Waals surface area contributed by atoms with Crippen molar-refractivity contribution in [2.75, 3.05) is 13.1 Å². The molecule has 16 nitrogen and oxygen atoms in total. The Bertz CT molecular complexity index is 2820. The van der Waals surface area contributed by atoms with Crippen LogP contribution in [-0.2, 0) is 61.0 Å². The fourth-order valence-electron chi connectivity index (χ4n) is 10.1. The highest BCUT2D eigenvalue weighted by Gasteiger charge is 2.46. The molecule has 6 aromatic rings. The van der Waals surface area contributed by atoms with E-state index in [1.165, 1.54) is 9.80 Å². The first kappa shape index (κ1) is 45.8. The molecular formula is C52H58N10O6. The summed E-state index contributed by atoms with van der Waals surface area (Å²) in [7, 11) is 0. The maximum Gasteiger partial charge on any atom is 0.246 e. The van der Waals surface area contributed by atoms with Crippen LogP contribution in [0.25, 0.3) is 21.8 Å². The molecule has 2 saturated heterocycles. The first-order valence-corrected chi connectivity index (χ1v) is 23.5. The van der Waals surface area contributed by atoms with Crippen LogP contribution in [-0.4, -0.2) is 111 Å². The lowest BCUT2D eigenvalue weighted by Crippen LogP contribution is -2.63. The van der Waals surface area contributed by atoms with Crippen molar-refractivity contribution < 1.29 is 28.8 Å². The second-order valence-electron chi connectivity index (χ2n) is 18.3. The number of hydrogen-bond acceptors (Lipinski definition) is 8. The van der Waals surface area contributed by atoms with Crippen molar-refractivity contribution in [2.24, 2.45) is 11.5 Å². The molecule has 0 unspecified atom stereocenters. The molecule has 0 saturated carbocycles. The van der Waals surface area contributed by atoms with Crippen LogP contribution in [0.4, 0.5) is 0 Å². The summed E-state index contributed by atoms with van der Waals surface area (Å²) in [5.74, 6) is -3.41. The van der Waals surface area contributed by atoms with Gasteiger partial charge in [-0.25, -0.2) is 0 Å². The summed E-state index contributed by atoms with van der Waals surface area (Å²) in [4.78, 5) is 99.2. The van der Waals surface area contributed by atoms with Crippen LogP contribution in [0, 0.1) is 0 Å². The fraction of sp³-hybridized carbons (Fsp3) is 0.346. The first-order chi connectivity index (χ1) is 33.0. The van der Waals surface area contributed by atoms with Gasteiger partial charge >= 0.3 is 0 Å². The Hall–Kier alpha value is -7.30. The van der Waals surface area contributed by atoms with Crippen LogP contribution >= 0.6 is 0 Å². The molecule has 3 aliphatic rings. The minimum absolute atomic E-state index is 0.0318. The summed E-state index contributed by atoms with van der Waals surface area (Å²) < 4.78 is 0. The van der Waals surface area contributed by atoms with Gasteiger partial charge in [-0.3, -0.25) is 28.8 Å². The predicted octanol–water partition coefficient (Wildman–Crippen LogP) is 2.64. The number of nitrogens with zero attached hydrogens (tertiary/aromatic N) is 2. The van der Waals surface area contributed by atoms with Crippen molar-refractivity contribution in [1.82, 2.24) is 41.0 Å². The Labute approximate surface area is 393 Å². The molecule has 352 valence electrons. The molecule has 2 aromatic heterocycles. The maximum absolute atomic E-state index is 15.1. The van der Waals surface area contributed by atoms with E-state index in [2.05, 4.69) is 31.2 Å².